The maximum atomic E-state index is 12.1. The van der Waals surface area contributed by atoms with Crippen LogP contribution in [0.5, 0.6) is 0 Å². The summed E-state index contributed by atoms with van der Waals surface area (Å²) in [4.78, 5) is 12.1. The fourth-order valence-electron chi connectivity index (χ4n) is 2.01. The molecule has 1 unspecified atom stereocenters. The Morgan fingerprint density at radius 3 is 2.65 bits per heavy atom. The number of aliphatic hydroxyl groups is 1. The van der Waals surface area contributed by atoms with E-state index < -0.39 is 6.10 Å². The molecule has 0 saturated carbocycles. The van der Waals surface area contributed by atoms with Gasteiger partial charge in [-0.1, -0.05) is 30.3 Å². The molecule has 6 heteroatoms. The van der Waals surface area contributed by atoms with Gasteiger partial charge < -0.3 is 16.2 Å². The first-order valence-corrected chi connectivity index (χ1v) is 6.31. The standard InChI is InChI=1S/C14H18N4O2/c1-9-12(15)13(18(2)17-9)14(20)16-8-11(19)10-6-4-3-5-7-10/h3-7,11,19H,8,15H2,1-2H3,(H,16,20). The van der Waals surface area contributed by atoms with Crippen LogP contribution in [0.2, 0.25) is 0 Å². The number of hydrogen-bond donors (Lipinski definition) is 3. The molecular weight excluding hydrogens is 256 g/mol. The number of nitrogens with zero attached hydrogens (tertiary/aromatic N) is 2. The molecular formula is C14H18N4O2. The van der Waals surface area contributed by atoms with Crippen LogP contribution in [0.3, 0.4) is 0 Å². The Labute approximate surface area is 117 Å². The van der Waals surface area contributed by atoms with E-state index in [1.54, 1.807) is 26.1 Å². The molecule has 0 aliphatic rings. The largest absolute Gasteiger partial charge is 0.395 e. The van der Waals surface area contributed by atoms with Crippen molar-refractivity contribution < 1.29 is 9.90 Å². The molecule has 0 bridgehead atoms. The van der Waals surface area contributed by atoms with Crippen LogP contribution < -0.4 is 11.1 Å². The van der Waals surface area contributed by atoms with E-state index in [9.17, 15) is 9.90 Å². The topological polar surface area (TPSA) is 93.2 Å². The number of amides is 1. The molecule has 20 heavy (non-hydrogen) atoms. The van der Waals surface area contributed by atoms with E-state index in [1.165, 1.54) is 4.68 Å². The van der Waals surface area contributed by atoms with Gasteiger partial charge in [0, 0.05) is 13.6 Å². The lowest BCUT2D eigenvalue weighted by Crippen LogP contribution is -2.30. The minimum atomic E-state index is -0.754. The van der Waals surface area contributed by atoms with Crippen molar-refractivity contribution in [3.8, 4) is 0 Å². The first kappa shape index (κ1) is 14.1. The summed E-state index contributed by atoms with van der Waals surface area (Å²) in [6.45, 7) is 1.86. The molecule has 6 nitrogen and oxygen atoms in total. The van der Waals surface area contributed by atoms with Gasteiger partial charge in [0.25, 0.3) is 5.91 Å². The van der Waals surface area contributed by atoms with E-state index >= 15 is 0 Å². The Balaban J connectivity index is 2.02. The molecule has 4 N–H and O–H groups in total. The Hall–Kier alpha value is -2.34. The highest BCUT2D eigenvalue weighted by Gasteiger charge is 2.18. The van der Waals surface area contributed by atoms with Gasteiger partial charge in [-0.3, -0.25) is 9.48 Å². The molecule has 1 aromatic carbocycles. The second kappa shape index (κ2) is 5.75. The van der Waals surface area contributed by atoms with E-state index in [2.05, 4.69) is 10.4 Å². The van der Waals surface area contributed by atoms with Gasteiger partial charge in [0.15, 0.2) is 0 Å². The Morgan fingerprint density at radius 2 is 2.10 bits per heavy atom. The van der Waals surface area contributed by atoms with Crippen molar-refractivity contribution in [2.45, 2.75) is 13.0 Å². The van der Waals surface area contributed by atoms with E-state index in [4.69, 9.17) is 5.73 Å². The van der Waals surface area contributed by atoms with Crippen molar-refractivity contribution >= 4 is 11.6 Å². The summed E-state index contributed by atoms with van der Waals surface area (Å²) in [5.41, 5.74) is 7.85. The number of hydrogen-bond acceptors (Lipinski definition) is 4. The summed E-state index contributed by atoms with van der Waals surface area (Å²) < 4.78 is 1.44. The third-order valence-electron chi connectivity index (χ3n) is 3.12. The third kappa shape index (κ3) is 2.80. The van der Waals surface area contributed by atoms with E-state index in [0.717, 1.165) is 5.56 Å². The molecule has 1 atom stereocenters. The molecule has 0 spiro atoms. The van der Waals surface area contributed by atoms with E-state index in [-0.39, 0.29) is 12.5 Å². The number of carbonyl (C=O) groups is 1. The summed E-state index contributed by atoms with van der Waals surface area (Å²) in [6.07, 6.45) is -0.754. The van der Waals surface area contributed by atoms with Crippen LogP contribution in [0.15, 0.2) is 30.3 Å². The van der Waals surface area contributed by atoms with Crippen LogP contribution in [-0.4, -0.2) is 27.3 Å². The molecule has 0 aliphatic heterocycles. The van der Waals surface area contributed by atoms with Gasteiger partial charge in [-0.15, -0.1) is 0 Å². The van der Waals surface area contributed by atoms with Crippen molar-refractivity contribution in [1.29, 1.82) is 0 Å². The summed E-state index contributed by atoms with van der Waals surface area (Å²) >= 11 is 0. The summed E-state index contributed by atoms with van der Waals surface area (Å²) in [5.74, 6) is -0.347. The van der Waals surface area contributed by atoms with Crippen LogP contribution in [0, 0.1) is 6.92 Å². The lowest BCUT2D eigenvalue weighted by Gasteiger charge is -2.12. The molecule has 0 saturated heterocycles. The van der Waals surface area contributed by atoms with Crippen molar-refractivity contribution in [3.63, 3.8) is 0 Å². The highest BCUT2D eigenvalue weighted by Crippen LogP contribution is 2.15. The highest BCUT2D eigenvalue weighted by atomic mass is 16.3. The normalized spacial score (nSPS) is 12.2. The first-order chi connectivity index (χ1) is 9.50. The zero-order valence-corrected chi connectivity index (χ0v) is 11.5. The molecule has 0 radical (unpaired) electrons. The molecule has 2 rings (SSSR count). The van der Waals surface area contributed by atoms with Gasteiger partial charge in [-0.2, -0.15) is 5.10 Å². The predicted molar refractivity (Wildman–Crippen MR) is 76.1 cm³/mol. The maximum absolute atomic E-state index is 12.1. The van der Waals surface area contributed by atoms with Crippen LogP contribution in [-0.2, 0) is 7.05 Å². The highest BCUT2D eigenvalue weighted by molar-refractivity contribution is 5.97. The fourth-order valence-corrected chi connectivity index (χ4v) is 2.01. The summed E-state index contributed by atoms with van der Waals surface area (Å²) in [7, 11) is 1.66. The fraction of sp³-hybridized carbons (Fsp3) is 0.286. The Kier molecular flexibility index (Phi) is 4.05. The predicted octanol–water partition coefficient (Wildman–Crippen LogP) is 0.774. The second-order valence-corrected chi connectivity index (χ2v) is 4.61. The first-order valence-electron chi connectivity index (χ1n) is 6.31. The molecule has 1 heterocycles. The van der Waals surface area contributed by atoms with Crippen LogP contribution in [0.25, 0.3) is 0 Å². The van der Waals surface area contributed by atoms with Crippen LogP contribution in [0.1, 0.15) is 27.8 Å². The maximum Gasteiger partial charge on any atom is 0.271 e. The summed E-state index contributed by atoms with van der Waals surface area (Å²) in [6, 6.07) is 9.15. The number of nitrogens with one attached hydrogen (secondary N) is 1. The molecule has 0 aliphatic carbocycles. The van der Waals surface area contributed by atoms with Crippen LogP contribution in [0.4, 0.5) is 5.69 Å². The number of aromatic nitrogens is 2. The minimum Gasteiger partial charge on any atom is -0.395 e. The number of carbonyl (C=O) groups excluding carboxylic acids is 1. The molecule has 2 aromatic rings. The average Bonchev–Trinajstić information content (AvgIpc) is 2.70. The third-order valence-corrected chi connectivity index (χ3v) is 3.12. The molecule has 0 fully saturated rings. The Morgan fingerprint density at radius 1 is 1.45 bits per heavy atom. The van der Waals surface area contributed by atoms with Gasteiger partial charge in [-0.25, -0.2) is 0 Å². The van der Waals surface area contributed by atoms with Crippen molar-refractivity contribution in [2.75, 3.05) is 12.3 Å². The van der Waals surface area contributed by atoms with Gasteiger partial charge in [0.2, 0.25) is 0 Å². The van der Waals surface area contributed by atoms with Crippen LogP contribution >= 0.6 is 0 Å². The van der Waals surface area contributed by atoms with Gasteiger partial charge >= 0.3 is 0 Å². The number of benzene rings is 1. The lowest BCUT2D eigenvalue weighted by molar-refractivity contribution is 0.0908. The van der Waals surface area contributed by atoms with E-state index in [0.29, 0.717) is 17.1 Å². The zero-order chi connectivity index (χ0) is 14.7. The number of anilines is 1. The van der Waals surface area contributed by atoms with Gasteiger partial charge in [0.1, 0.15) is 5.69 Å². The number of rotatable bonds is 4. The lowest BCUT2D eigenvalue weighted by atomic mass is 10.1. The van der Waals surface area contributed by atoms with E-state index in [1.807, 2.05) is 18.2 Å². The zero-order valence-electron chi connectivity index (χ0n) is 11.5. The second-order valence-electron chi connectivity index (χ2n) is 4.61. The van der Waals surface area contributed by atoms with Gasteiger partial charge in [-0.05, 0) is 12.5 Å². The quantitative estimate of drug-likeness (QED) is 0.768. The van der Waals surface area contributed by atoms with Gasteiger partial charge in [0.05, 0.1) is 17.5 Å². The SMILES string of the molecule is Cc1nn(C)c(C(=O)NCC(O)c2ccccc2)c1N. The molecule has 1 amide bonds. The van der Waals surface area contributed by atoms with Crippen molar-refractivity contribution in [1.82, 2.24) is 15.1 Å². The smallest absolute Gasteiger partial charge is 0.271 e. The molecule has 106 valence electrons. The number of nitrogen functional groups attached to an aromatic ring is 1. The minimum absolute atomic E-state index is 0.118. The Bertz CT molecular complexity index is 607. The number of aliphatic hydroxyl groups excluding tert-OH is 1. The summed E-state index contributed by atoms with van der Waals surface area (Å²) in [5, 5.41) is 16.7. The number of aryl methyl sites for hydroxylation is 2. The van der Waals surface area contributed by atoms with Crippen molar-refractivity contribution in [3.05, 3.63) is 47.3 Å². The molecule has 1 aromatic heterocycles. The monoisotopic (exact) mass is 274 g/mol. The average molecular weight is 274 g/mol. The van der Waals surface area contributed by atoms with Crippen molar-refractivity contribution in [2.24, 2.45) is 7.05 Å². The number of nitrogens with two attached hydrogens (primary N) is 1.